The number of carboxylic acids is 1. The summed E-state index contributed by atoms with van der Waals surface area (Å²) < 4.78 is 0. The van der Waals surface area contributed by atoms with Crippen LogP contribution in [0.5, 0.6) is 0 Å². The van der Waals surface area contributed by atoms with Crippen molar-refractivity contribution >= 4 is 22.9 Å². The predicted octanol–water partition coefficient (Wildman–Crippen LogP) is 2.81. The van der Waals surface area contributed by atoms with Crippen molar-refractivity contribution in [2.75, 3.05) is 0 Å². The molecule has 0 aliphatic heterocycles. The molecule has 0 unspecified atom stereocenters. The van der Waals surface area contributed by atoms with Crippen LogP contribution in [0, 0.1) is 6.92 Å². The Kier molecular flexibility index (Phi) is 3.19. The summed E-state index contributed by atoms with van der Waals surface area (Å²) in [6, 6.07) is 0. The number of carbonyl (C=O) groups is 1. The van der Waals surface area contributed by atoms with Crippen LogP contribution in [0.4, 0.5) is 0 Å². The Morgan fingerprint density at radius 1 is 1.56 bits per heavy atom. The van der Waals surface area contributed by atoms with Crippen LogP contribution < -0.4 is 0 Å². The SMILES string of the molecule is Cc1nc(CC(=O)O)c(C2=CCCC=C2)s1. The van der Waals surface area contributed by atoms with Crippen LogP contribution in [0.25, 0.3) is 5.57 Å². The number of aryl methyl sites for hydroxylation is 1. The minimum Gasteiger partial charge on any atom is -0.481 e. The fraction of sp³-hybridized carbons (Fsp3) is 0.333. The molecule has 4 heteroatoms. The van der Waals surface area contributed by atoms with E-state index in [0.29, 0.717) is 5.69 Å². The standard InChI is InChI=1S/C12H13NO2S/c1-8-13-10(7-11(14)15)12(16-8)9-5-3-2-4-6-9/h3,5-6H,2,4,7H2,1H3,(H,14,15). The fourth-order valence-corrected chi connectivity index (χ4v) is 2.70. The Morgan fingerprint density at radius 3 is 3.00 bits per heavy atom. The van der Waals surface area contributed by atoms with Crippen molar-refractivity contribution in [1.82, 2.24) is 4.98 Å². The Morgan fingerprint density at radius 2 is 2.38 bits per heavy atom. The molecular weight excluding hydrogens is 222 g/mol. The highest BCUT2D eigenvalue weighted by Gasteiger charge is 2.15. The van der Waals surface area contributed by atoms with Crippen LogP contribution in [0.2, 0.25) is 0 Å². The largest absolute Gasteiger partial charge is 0.481 e. The number of aliphatic carboxylic acids is 1. The zero-order chi connectivity index (χ0) is 11.5. The topological polar surface area (TPSA) is 50.2 Å². The van der Waals surface area contributed by atoms with Crippen molar-refractivity contribution in [3.63, 3.8) is 0 Å². The van der Waals surface area contributed by atoms with Gasteiger partial charge < -0.3 is 5.11 Å². The van der Waals surface area contributed by atoms with E-state index in [-0.39, 0.29) is 6.42 Å². The van der Waals surface area contributed by atoms with Crippen molar-refractivity contribution in [1.29, 1.82) is 0 Å². The van der Waals surface area contributed by atoms with Crippen molar-refractivity contribution in [2.45, 2.75) is 26.2 Å². The van der Waals surface area contributed by atoms with Gasteiger partial charge in [-0.15, -0.1) is 11.3 Å². The van der Waals surface area contributed by atoms with Gasteiger partial charge in [-0.2, -0.15) is 0 Å². The zero-order valence-electron chi connectivity index (χ0n) is 9.06. The van der Waals surface area contributed by atoms with E-state index < -0.39 is 5.97 Å². The van der Waals surface area contributed by atoms with E-state index in [0.717, 1.165) is 28.3 Å². The molecule has 16 heavy (non-hydrogen) atoms. The molecule has 1 aliphatic carbocycles. The van der Waals surface area contributed by atoms with E-state index in [2.05, 4.69) is 23.2 Å². The molecule has 0 amide bonds. The molecule has 0 aromatic carbocycles. The first-order chi connectivity index (χ1) is 7.66. The van der Waals surface area contributed by atoms with E-state index in [1.807, 2.05) is 6.92 Å². The number of hydrogen-bond acceptors (Lipinski definition) is 3. The van der Waals surface area contributed by atoms with Crippen LogP contribution in [0.1, 0.15) is 28.4 Å². The molecular formula is C12H13NO2S. The minimum atomic E-state index is -0.827. The van der Waals surface area contributed by atoms with E-state index in [1.54, 1.807) is 11.3 Å². The molecule has 1 aliphatic rings. The maximum atomic E-state index is 10.7. The van der Waals surface area contributed by atoms with Gasteiger partial charge in [0, 0.05) is 0 Å². The Hall–Kier alpha value is -1.42. The first-order valence-electron chi connectivity index (χ1n) is 5.22. The molecule has 1 N–H and O–H groups in total. The third kappa shape index (κ3) is 2.39. The molecule has 0 saturated carbocycles. The van der Waals surface area contributed by atoms with E-state index >= 15 is 0 Å². The summed E-state index contributed by atoms with van der Waals surface area (Å²) in [6.07, 6.45) is 8.42. The maximum absolute atomic E-state index is 10.7. The molecule has 1 aromatic heterocycles. The second-order valence-electron chi connectivity index (χ2n) is 3.72. The lowest BCUT2D eigenvalue weighted by Crippen LogP contribution is -2.02. The molecule has 1 aromatic rings. The van der Waals surface area contributed by atoms with Crippen LogP contribution in [-0.4, -0.2) is 16.1 Å². The maximum Gasteiger partial charge on any atom is 0.309 e. The summed E-state index contributed by atoms with van der Waals surface area (Å²) in [4.78, 5) is 16.0. The first-order valence-corrected chi connectivity index (χ1v) is 6.03. The van der Waals surface area contributed by atoms with Gasteiger partial charge >= 0.3 is 5.97 Å². The molecule has 0 fully saturated rings. The lowest BCUT2D eigenvalue weighted by atomic mass is 10.0. The van der Waals surface area contributed by atoms with Crippen molar-refractivity contribution in [3.05, 3.63) is 33.8 Å². The number of hydrogen-bond donors (Lipinski definition) is 1. The number of rotatable bonds is 3. The summed E-state index contributed by atoms with van der Waals surface area (Å²) in [5.41, 5.74) is 1.81. The lowest BCUT2D eigenvalue weighted by Gasteiger charge is -2.05. The zero-order valence-corrected chi connectivity index (χ0v) is 9.88. The summed E-state index contributed by atoms with van der Waals surface area (Å²) in [5.74, 6) is -0.827. The van der Waals surface area contributed by atoms with Crippen molar-refractivity contribution in [3.8, 4) is 0 Å². The first kappa shape index (κ1) is 11.1. The number of nitrogens with zero attached hydrogens (tertiary/aromatic N) is 1. The summed E-state index contributed by atoms with van der Waals surface area (Å²) >= 11 is 1.57. The van der Waals surface area contributed by atoms with E-state index in [9.17, 15) is 4.79 Å². The van der Waals surface area contributed by atoms with E-state index in [1.165, 1.54) is 0 Å². The number of allylic oxidation sites excluding steroid dienone is 4. The monoisotopic (exact) mass is 235 g/mol. The third-order valence-corrected chi connectivity index (χ3v) is 3.44. The van der Waals surface area contributed by atoms with Gasteiger partial charge in [0.25, 0.3) is 0 Å². The molecule has 3 nitrogen and oxygen atoms in total. The van der Waals surface area contributed by atoms with E-state index in [4.69, 9.17) is 5.11 Å². The normalized spacial score (nSPS) is 14.9. The summed E-state index contributed by atoms with van der Waals surface area (Å²) in [7, 11) is 0. The quantitative estimate of drug-likeness (QED) is 0.876. The van der Waals surface area contributed by atoms with Gasteiger partial charge in [0.05, 0.1) is 22.0 Å². The van der Waals surface area contributed by atoms with Crippen LogP contribution >= 0.6 is 11.3 Å². The molecule has 0 saturated heterocycles. The summed E-state index contributed by atoms with van der Waals surface area (Å²) in [6.45, 7) is 1.91. The van der Waals surface area contributed by atoms with Crippen LogP contribution in [0.15, 0.2) is 18.2 Å². The van der Waals surface area contributed by atoms with Gasteiger partial charge in [-0.25, -0.2) is 4.98 Å². The smallest absolute Gasteiger partial charge is 0.309 e. The van der Waals surface area contributed by atoms with Crippen molar-refractivity contribution < 1.29 is 9.90 Å². The predicted molar refractivity (Wildman–Crippen MR) is 64.5 cm³/mol. The van der Waals surface area contributed by atoms with Gasteiger partial charge in [0.1, 0.15) is 0 Å². The highest BCUT2D eigenvalue weighted by atomic mass is 32.1. The highest BCUT2D eigenvalue weighted by Crippen LogP contribution is 2.30. The molecule has 0 radical (unpaired) electrons. The van der Waals surface area contributed by atoms with Crippen LogP contribution in [-0.2, 0) is 11.2 Å². The highest BCUT2D eigenvalue weighted by molar-refractivity contribution is 7.12. The average molecular weight is 235 g/mol. The fourth-order valence-electron chi connectivity index (χ4n) is 1.74. The second-order valence-corrected chi connectivity index (χ2v) is 4.92. The average Bonchev–Trinajstić information content (AvgIpc) is 2.60. The molecule has 0 spiro atoms. The molecule has 84 valence electrons. The van der Waals surface area contributed by atoms with Gasteiger partial charge in [-0.05, 0) is 25.3 Å². The Bertz CT molecular complexity index is 471. The van der Waals surface area contributed by atoms with Crippen LogP contribution in [0.3, 0.4) is 0 Å². The molecule has 1 heterocycles. The van der Waals surface area contributed by atoms with Gasteiger partial charge in [0.2, 0.25) is 0 Å². The number of aromatic nitrogens is 1. The molecule has 0 atom stereocenters. The van der Waals surface area contributed by atoms with Gasteiger partial charge in [0.15, 0.2) is 0 Å². The number of thiazole rings is 1. The second kappa shape index (κ2) is 4.61. The summed E-state index contributed by atoms with van der Waals surface area (Å²) in [5, 5.41) is 9.75. The van der Waals surface area contributed by atoms with Gasteiger partial charge in [-0.3, -0.25) is 4.79 Å². The van der Waals surface area contributed by atoms with Crippen molar-refractivity contribution in [2.24, 2.45) is 0 Å². The molecule has 0 bridgehead atoms. The Labute approximate surface area is 98.1 Å². The third-order valence-electron chi connectivity index (χ3n) is 2.38. The Balaban J connectivity index is 2.35. The minimum absolute atomic E-state index is 0.00481. The van der Waals surface area contributed by atoms with Gasteiger partial charge in [-0.1, -0.05) is 18.2 Å². The lowest BCUT2D eigenvalue weighted by molar-refractivity contribution is -0.136. The number of carboxylic acid groups (broad SMARTS) is 1. The molecule has 2 rings (SSSR count).